The van der Waals surface area contributed by atoms with Crippen LogP contribution in [0.2, 0.25) is 5.02 Å². The van der Waals surface area contributed by atoms with Crippen LogP contribution in [0, 0.1) is 17.0 Å². The number of nitro benzene ring substituents is 1. The van der Waals surface area contributed by atoms with E-state index in [1.54, 1.807) is 36.6 Å². The van der Waals surface area contributed by atoms with Crippen LogP contribution >= 0.6 is 34.7 Å². The van der Waals surface area contributed by atoms with Crippen molar-refractivity contribution in [3.05, 3.63) is 68.5 Å². The van der Waals surface area contributed by atoms with Crippen LogP contribution in [0.4, 0.5) is 10.8 Å². The maximum atomic E-state index is 12.5. The Bertz CT molecular complexity index is 1350. The van der Waals surface area contributed by atoms with Gasteiger partial charge in [0.25, 0.3) is 5.69 Å². The van der Waals surface area contributed by atoms with Gasteiger partial charge in [-0.05, 0) is 38.1 Å². The molecule has 4 aromatic rings. The van der Waals surface area contributed by atoms with Gasteiger partial charge in [0.15, 0.2) is 16.1 Å². The Hall–Kier alpha value is -3.28. The number of hydrogen-bond donors (Lipinski definition) is 1. The molecule has 0 aliphatic carbocycles. The molecule has 1 N–H and O–H groups in total. The molecule has 0 unspecified atom stereocenters. The molecule has 12 heteroatoms. The van der Waals surface area contributed by atoms with Gasteiger partial charge in [0, 0.05) is 39.7 Å². The lowest BCUT2D eigenvalue weighted by Crippen LogP contribution is -2.14. The topological polar surface area (TPSA) is 116 Å². The highest BCUT2D eigenvalue weighted by atomic mass is 35.5. The maximum absolute atomic E-state index is 12.5. The number of aromatic nitrogens is 4. The summed E-state index contributed by atoms with van der Waals surface area (Å²) in [6.45, 7) is 4.32. The molecular formula is C22H19ClN6O3S2. The second-order valence-corrected chi connectivity index (χ2v) is 9.43. The van der Waals surface area contributed by atoms with Crippen LogP contribution in [0.25, 0.3) is 22.6 Å². The van der Waals surface area contributed by atoms with Crippen molar-refractivity contribution < 1.29 is 9.72 Å². The minimum atomic E-state index is -0.418. The molecule has 0 aliphatic heterocycles. The number of nitrogens with zero attached hydrogens (tertiary/aromatic N) is 5. The SMILES string of the molecule is CCn1c(SCC(=O)Nc2nc(-c3ccc(C)c([N+](=O)[O-])c3)cs2)nnc1-c1ccc(Cl)cc1. The van der Waals surface area contributed by atoms with E-state index in [9.17, 15) is 14.9 Å². The molecule has 2 heterocycles. The van der Waals surface area contributed by atoms with Crippen LogP contribution in [0.1, 0.15) is 12.5 Å². The molecule has 34 heavy (non-hydrogen) atoms. The number of carbonyl (C=O) groups is 1. The molecule has 9 nitrogen and oxygen atoms in total. The fourth-order valence-electron chi connectivity index (χ4n) is 3.21. The molecular weight excluding hydrogens is 496 g/mol. The van der Waals surface area contributed by atoms with E-state index in [1.165, 1.54) is 29.2 Å². The molecule has 0 atom stereocenters. The van der Waals surface area contributed by atoms with E-state index in [-0.39, 0.29) is 17.3 Å². The summed E-state index contributed by atoms with van der Waals surface area (Å²) in [5.74, 6) is 0.599. The minimum Gasteiger partial charge on any atom is -0.302 e. The molecule has 174 valence electrons. The van der Waals surface area contributed by atoms with E-state index in [0.29, 0.717) is 44.5 Å². The average molecular weight is 515 g/mol. The monoisotopic (exact) mass is 514 g/mol. The van der Waals surface area contributed by atoms with Gasteiger partial charge in [-0.1, -0.05) is 35.5 Å². The molecule has 0 radical (unpaired) electrons. The summed E-state index contributed by atoms with van der Waals surface area (Å²) in [6.07, 6.45) is 0. The second kappa shape index (κ2) is 10.3. The van der Waals surface area contributed by atoms with Crippen molar-refractivity contribution in [2.24, 2.45) is 0 Å². The number of thioether (sulfide) groups is 1. The third kappa shape index (κ3) is 5.27. The maximum Gasteiger partial charge on any atom is 0.272 e. The minimum absolute atomic E-state index is 0.0329. The van der Waals surface area contributed by atoms with Crippen molar-refractivity contribution in [1.82, 2.24) is 19.7 Å². The number of nitro groups is 1. The predicted molar refractivity (Wildman–Crippen MR) is 134 cm³/mol. The van der Waals surface area contributed by atoms with Crippen molar-refractivity contribution in [1.29, 1.82) is 0 Å². The third-order valence-electron chi connectivity index (χ3n) is 4.92. The zero-order valence-electron chi connectivity index (χ0n) is 18.2. The van der Waals surface area contributed by atoms with Gasteiger partial charge in [-0.2, -0.15) is 0 Å². The van der Waals surface area contributed by atoms with Crippen LogP contribution in [0.5, 0.6) is 0 Å². The number of hydrogen-bond acceptors (Lipinski definition) is 8. The number of carbonyl (C=O) groups excluding carboxylic acids is 1. The van der Waals surface area contributed by atoms with Crippen LogP contribution in [0.3, 0.4) is 0 Å². The van der Waals surface area contributed by atoms with Crippen LogP contribution < -0.4 is 5.32 Å². The number of aryl methyl sites for hydroxylation is 1. The zero-order valence-corrected chi connectivity index (χ0v) is 20.6. The molecule has 0 fully saturated rings. The van der Waals surface area contributed by atoms with E-state index < -0.39 is 4.92 Å². The number of benzene rings is 2. The number of anilines is 1. The highest BCUT2D eigenvalue weighted by molar-refractivity contribution is 7.99. The quantitative estimate of drug-likeness (QED) is 0.182. The molecule has 0 aliphatic rings. The molecule has 1 amide bonds. The van der Waals surface area contributed by atoms with Gasteiger partial charge in [0.05, 0.1) is 16.4 Å². The Morgan fingerprint density at radius 3 is 2.65 bits per heavy atom. The van der Waals surface area contributed by atoms with Crippen molar-refractivity contribution >= 4 is 51.4 Å². The Labute approximate surface area is 208 Å². The summed E-state index contributed by atoms with van der Waals surface area (Å²) in [7, 11) is 0. The zero-order chi connectivity index (χ0) is 24.2. The van der Waals surface area contributed by atoms with E-state index in [4.69, 9.17) is 11.6 Å². The van der Waals surface area contributed by atoms with E-state index >= 15 is 0 Å². The number of amides is 1. The van der Waals surface area contributed by atoms with Crippen LogP contribution in [0.15, 0.2) is 53.0 Å². The summed E-state index contributed by atoms with van der Waals surface area (Å²) in [5, 5.41) is 25.9. The highest BCUT2D eigenvalue weighted by Crippen LogP contribution is 2.30. The average Bonchev–Trinajstić information content (AvgIpc) is 3.45. The van der Waals surface area contributed by atoms with Crippen molar-refractivity contribution in [3.63, 3.8) is 0 Å². The third-order valence-corrected chi connectivity index (χ3v) is 6.90. The van der Waals surface area contributed by atoms with Gasteiger partial charge in [0.1, 0.15) is 0 Å². The fraction of sp³-hybridized carbons (Fsp3) is 0.182. The van der Waals surface area contributed by atoms with Gasteiger partial charge < -0.3 is 9.88 Å². The molecule has 0 saturated heterocycles. The molecule has 0 saturated carbocycles. The summed E-state index contributed by atoms with van der Waals surface area (Å²) < 4.78 is 1.94. The fourth-order valence-corrected chi connectivity index (χ4v) is 4.87. The molecule has 4 rings (SSSR count). The van der Waals surface area contributed by atoms with Crippen molar-refractivity contribution in [2.45, 2.75) is 25.5 Å². The Balaban J connectivity index is 1.41. The van der Waals surface area contributed by atoms with E-state index in [2.05, 4.69) is 20.5 Å². The van der Waals surface area contributed by atoms with Crippen LogP contribution in [-0.2, 0) is 11.3 Å². The number of halogens is 1. The largest absolute Gasteiger partial charge is 0.302 e. The number of rotatable bonds is 8. The van der Waals surface area contributed by atoms with Gasteiger partial charge in [0.2, 0.25) is 5.91 Å². The van der Waals surface area contributed by atoms with Crippen LogP contribution in [-0.4, -0.2) is 36.3 Å². The molecule has 0 bridgehead atoms. The molecule has 2 aromatic carbocycles. The van der Waals surface area contributed by atoms with Crippen molar-refractivity contribution in [2.75, 3.05) is 11.1 Å². The van der Waals surface area contributed by atoms with Crippen molar-refractivity contribution in [3.8, 4) is 22.6 Å². The first kappa shape index (κ1) is 23.9. The number of nitrogens with one attached hydrogen (secondary N) is 1. The number of thiazole rings is 1. The predicted octanol–water partition coefficient (Wildman–Crippen LogP) is 5.69. The lowest BCUT2D eigenvalue weighted by molar-refractivity contribution is -0.385. The molecule has 0 spiro atoms. The lowest BCUT2D eigenvalue weighted by Gasteiger charge is -2.07. The summed E-state index contributed by atoms with van der Waals surface area (Å²) in [6, 6.07) is 12.3. The highest BCUT2D eigenvalue weighted by Gasteiger charge is 2.17. The van der Waals surface area contributed by atoms with Gasteiger partial charge in [-0.25, -0.2) is 4.98 Å². The van der Waals surface area contributed by atoms with Gasteiger partial charge in [-0.15, -0.1) is 21.5 Å². The Morgan fingerprint density at radius 1 is 1.21 bits per heavy atom. The Kier molecular flexibility index (Phi) is 7.25. The van der Waals surface area contributed by atoms with Gasteiger partial charge >= 0.3 is 0 Å². The molecule has 2 aromatic heterocycles. The normalized spacial score (nSPS) is 10.9. The summed E-state index contributed by atoms with van der Waals surface area (Å²) in [5.41, 5.74) is 2.68. The summed E-state index contributed by atoms with van der Waals surface area (Å²) in [4.78, 5) is 27.7. The van der Waals surface area contributed by atoms with E-state index in [0.717, 1.165) is 5.56 Å². The second-order valence-electron chi connectivity index (χ2n) is 7.19. The Morgan fingerprint density at radius 2 is 1.94 bits per heavy atom. The smallest absolute Gasteiger partial charge is 0.272 e. The standard InChI is InChI=1S/C22H19ClN6O3S2/c1-3-28-20(14-6-8-16(23)9-7-14)26-27-22(28)34-12-19(30)25-21-24-17(11-33-21)15-5-4-13(2)18(10-15)29(31)32/h4-11H,3,12H2,1-2H3,(H,24,25,30). The first-order chi connectivity index (χ1) is 16.4. The van der Waals surface area contributed by atoms with E-state index in [1.807, 2.05) is 23.6 Å². The first-order valence-electron chi connectivity index (χ1n) is 10.2. The lowest BCUT2D eigenvalue weighted by atomic mass is 10.1. The van der Waals surface area contributed by atoms with Gasteiger partial charge in [-0.3, -0.25) is 14.9 Å². The first-order valence-corrected chi connectivity index (χ1v) is 12.4. The summed E-state index contributed by atoms with van der Waals surface area (Å²) >= 11 is 8.51.